The van der Waals surface area contributed by atoms with Crippen LogP contribution in [0.15, 0.2) is 23.1 Å². The molecule has 122 valence electrons. The van der Waals surface area contributed by atoms with Crippen LogP contribution < -0.4 is 10.9 Å². The van der Waals surface area contributed by atoms with Gasteiger partial charge in [-0.15, -0.1) is 0 Å². The van der Waals surface area contributed by atoms with Gasteiger partial charge in [0.25, 0.3) is 5.56 Å². The average Bonchev–Trinajstić information content (AvgIpc) is 2.37. The molecule has 1 aromatic rings. The van der Waals surface area contributed by atoms with Crippen molar-refractivity contribution in [2.24, 2.45) is 0 Å². The van der Waals surface area contributed by atoms with E-state index in [1.165, 1.54) is 30.0 Å². The molecule has 1 aromatic heterocycles. The van der Waals surface area contributed by atoms with E-state index in [-0.39, 0.29) is 23.7 Å². The third-order valence-corrected chi connectivity index (χ3v) is 2.65. The molecule has 0 saturated carbocycles. The van der Waals surface area contributed by atoms with Crippen molar-refractivity contribution in [3.63, 3.8) is 0 Å². The summed E-state index contributed by atoms with van der Waals surface area (Å²) < 4.78 is 11.1. The summed E-state index contributed by atoms with van der Waals surface area (Å²) in [6.07, 6.45) is 0.946. The molecule has 0 aliphatic rings. The van der Waals surface area contributed by atoms with Crippen LogP contribution in [0.3, 0.4) is 0 Å². The van der Waals surface area contributed by atoms with Crippen molar-refractivity contribution in [1.29, 1.82) is 0 Å². The Bertz CT molecular complexity index is 601. The maximum Gasteiger partial charge on any atom is 0.407 e. The first-order valence-corrected chi connectivity index (χ1v) is 6.90. The molecule has 0 aliphatic heterocycles. The van der Waals surface area contributed by atoms with Crippen LogP contribution in [-0.4, -0.2) is 35.4 Å². The van der Waals surface area contributed by atoms with Gasteiger partial charge in [-0.25, -0.2) is 9.59 Å². The lowest BCUT2D eigenvalue weighted by molar-refractivity contribution is 0.0503. The van der Waals surface area contributed by atoms with Crippen LogP contribution in [0, 0.1) is 0 Å². The summed E-state index contributed by atoms with van der Waals surface area (Å²) in [5.74, 6) is -0.566. The molecule has 0 fully saturated rings. The minimum Gasteiger partial charge on any atom is -0.465 e. The monoisotopic (exact) mass is 310 g/mol. The molecule has 0 aliphatic carbocycles. The van der Waals surface area contributed by atoms with Crippen molar-refractivity contribution >= 4 is 12.1 Å². The standard InChI is InChI=1S/C15H22N2O5/c1-10(16-14(20)22-15(2,3)4)9-17-7-6-11(8-12(17)18)13(19)21-5/h6-8,10H,9H2,1-5H3,(H,16,20). The molecule has 1 unspecified atom stereocenters. The smallest absolute Gasteiger partial charge is 0.407 e. The first kappa shape index (κ1) is 17.7. The lowest BCUT2D eigenvalue weighted by Crippen LogP contribution is -2.41. The van der Waals surface area contributed by atoms with Gasteiger partial charge in [0, 0.05) is 24.8 Å². The molecule has 7 heteroatoms. The highest BCUT2D eigenvalue weighted by Gasteiger charge is 2.18. The first-order chi connectivity index (χ1) is 10.1. The molecule has 0 saturated heterocycles. The number of amides is 1. The van der Waals surface area contributed by atoms with Crippen molar-refractivity contribution in [3.05, 3.63) is 34.2 Å². The summed E-state index contributed by atoms with van der Waals surface area (Å²) in [5, 5.41) is 2.65. The Morgan fingerprint density at radius 3 is 2.50 bits per heavy atom. The number of alkyl carbamates (subject to hydrolysis) is 1. The van der Waals surface area contributed by atoms with Gasteiger partial charge in [-0.05, 0) is 33.8 Å². The fourth-order valence-electron chi connectivity index (χ4n) is 1.75. The SMILES string of the molecule is COC(=O)c1ccn(CC(C)NC(=O)OC(C)(C)C)c(=O)c1. The summed E-state index contributed by atoms with van der Waals surface area (Å²) in [5.41, 5.74) is -0.736. The zero-order valence-corrected chi connectivity index (χ0v) is 13.5. The largest absolute Gasteiger partial charge is 0.465 e. The second kappa shape index (κ2) is 7.11. The predicted octanol–water partition coefficient (Wildman–Crippen LogP) is 1.55. The predicted molar refractivity (Wildman–Crippen MR) is 80.9 cm³/mol. The van der Waals surface area contributed by atoms with E-state index in [1.54, 1.807) is 27.7 Å². The lowest BCUT2D eigenvalue weighted by Gasteiger charge is -2.22. The van der Waals surface area contributed by atoms with Gasteiger partial charge in [0.05, 0.1) is 12.7 Å². The number of ether oxygens (including phenoxy) is 2. The van der Waals surface area contributed by atoms with Gasteiger partial charge >= 0.3 is 12.1 Å². The van der Waals surface area contributed by atoms with Crippen molar-refractivity contribution in [1.82, 2.24) is 9.88 Å². The van der Waals surface area contributed by atoms with Crippen LogP contribution in [0.4, 0.5) is 4.79 Å². The number of methoxy groups -OCH3 is 1. The number of carbonyl (C=O) groups is 2. The molecule has 1 amide bonds. The number of pyridine rings is 1. The highest BCUT2D eigenvalue weighted by atomic mass is 16.6. The first-order valence-electron chi connectivity index (χ1n) is 6.90. The van der Waals surface area contributed by atoms with E-state index in [4.69, 9.17) is 4.74 Å². The number of aromatic nitrogens is 1. The number of nitrogens with one attached hydrogen (secondary N) is 1. The van der Waals surface area contributed by atoms with E-state index >= 15 is 0 Å². The molecule has 0 aromatic carbocycles. The highest BCUT2D eigenvalue weighted by molar-refractivity contribution is 5.88. The van der Waals surface area contributed by atoms with E-state index < -0.39 is 17.7 Å². The number of hydrogen-bond donors (Lipinski definition) is 1. The van der Waals surface area contributed by atoms with Crippen molar-refractivity contribution < 1.29 is 19.1 Å². The Labute approximate surface area is 129 Å². The zero-order valence-electron chi connectivity index (χ0n) is 13.5. The summed E-state index contributed by atoms with van der Waals surface area (Å²) >= 11 is 0. The Balaban J connectivity index is 2.69. The molecule has 1 heterocycles. The fourth-order valence-corrected chi connectivity index (χ4v) is 1.75. The average molecular weight is 310 g/mol. The van der Waals surface area contributed by atoms with Gasteiger partial charge in [-0.2, -0.15) is 0 Å². The van der Waals surface area contributed by atoms with E-state index in [2.05, 4.69) is 10.1 Å². The third-order valence-electron chi connectivity index (χ3n) is 2.65. The van der Waals surface area contributed by atoms with Gasteiger partial charge < -0.3 is 19.4 Å². The molecule has 7 nitrogen and oxygen atoms in total. The van der Waals surface area contributed by atoms with Crippen LogP contribution in [-0.2, 0) is 16.0 Å². The number of carbonyl (C=O) groups excluding carboxylic acids is 2. The second-order valence-corrected chi connectivity index (χ2v) is 5.94. The fraction of sp³-hybridized carbons (Fsp3) is 0.533. The van der Waals surface area contributed by atoms with Crippen molar-refractivity contribution in [2.75, 3.05) is 7.11 Å². The molecule has 22 heavy (non-hydrogen) atoms. The van der Waals surface area contributed by atoms with E-state index in [0.29, 0.717) is 0 Å². The van der Waals surface area contributed by atoms with Crippen LogP contribution in [0.25, 0.3) is 0 Å². The number of hydrogen-bond acceptors (Lipinski definition) is 5. The zero-order chi connectivity index (χ0) is 16.9. The lowest BCUT2D eigenvalue weighted by atomic mass is 10.2. The van der Waals surface area contributed by atoms with Gasteiger partial charge in [-0.1, -0.05) is 0 Å². The quantitative estimate of drug-likeness (QED) is 0.853. The van der Waals surface area contributed by atoms with Gasteiger partial charge in [0.2, 0.25) is 0 Å². The maximum atomic E-state index is 11.9. The van der Waals surface area contributed by atoms with Crippen molar-refractivity contribution in [2.45, 2.75) is 45.9 Å². The van der Waals surface area contributed by atoms with E-state index in [9.17, 15) is 14.4 Å². The topological polar surface area (TPSA) is 86.6 Å². The maximum absolute atomic E-state index is 11.9. The number of nitrogens with zero attached hydrogens (tertiary/aromatic N) is 1. The Kier molecular flexibility index (Phi) is 5.73. The van der Waals surface area contributed by atoms with Crippen LogP contribution >= 0.6 is 0 Å². The van der Waals surface area contributed by atoms with Crippen molar-refractivity contribution in [3.8, 4) is 0 Å². The minimum absolute atomic E-state index is 0.191. The van der Waals surface area contributed by atoms with Crippen LogP contribution in [0.2, 0.25) is 0 Å². The van der Waals surface area contributed by atoms with Gasteiger partial charge in [0.15, 0.2) is 0 Å². The molecular formula is C15H22N2O5. The number of rotatable bonds is 4. The van der Waals surface area contributed by atoms with Gasteiger partial charge in [-0.3, -0.25) is 4.79 Å². The normalized spacial score (nSPS) is 12.4. The molecule has 0 spiro atoms. The van der Waals surface area contributed by atoms with Gasteiger partial charge in [0.1, 0.15) is 5.60 Å². The Morgan fingerprint density at radius 1 is 1.36 bits per heavy atom. The Morgan fingerprint density at radius 2 is 2.00 bits per heavy atom. The minimum atomic E-state index is -0.581. The summed E-state index contributed by atoms with van der Waals surface area (Å²) in [7, 11) is 1.25. The summed E-state index contributed by atoms with van der Waals surface area (Å²) in [6, 6.07) is 2.39. The molecule has 1 atom stereocenters. The Hall–Kier alpha value is -2.31. The van der Waals surface area contributed by atoms with E-state index in [0.717, 1.165) is 0 Å². The summed E-state index contributed by atoms with van der Waals surface area (Å²) in [6.45, 7) is 7.33. The van der Waals surface area contributed by atoms with Crippen LogP contribution in [0.5, 0.6) is 0 Å². The highest BCUT2D eigenvalue weighted by Crippen LogP contribution is 2.07. The molecule has 0 bridgehead atoms. The van der Waals surface area contributed by atoms with E-state index in [1.807, 2.05) is 0 Å². The molecular weight excluding hydrogens is 288 g/mol. The van der Waals surface area contributed by atoms with Crippen LogP contribution in [0.1, 0.15) is 38.1 Å². The third kappa shape index (κ3) is 5.59. The summed E-state index contributed by atoms with van der Waals surface area (Å²) in [4.78, 5) is 34.9. The molecule has 0 radical (unpaired) electrons. The molecule has 1 N–H and O–H groups in total. The second-order valence-electron chi connectivity index (χ2n) is 5.94. The number of esters is 1. The molecule has 1 rings (SSSR count).